The minimum atomic E-state index is -1.10. The first kappa shape index (κ1) is 15.4. The molecule has 17 heavy (non-hydrogen) atoms. The van der Waals surface area contributed by atoms with E-state index in [2.05, 4.69) is 10.6 Å². The minimum absolute atomic E-state index is 0.0381. The Morgan fingerprint density at radius 1 is 1.29 bits per heavy atom. The Labute approximate surface area is 100 Å². The summed E-state index contributed by atoms with van der Waals surface area (Å²) in [4.78, 5) is 34.1. The van der Waals surface area contributed by atoms with E-state index in [9.17, 15) is 14.4 Å². The molecule has 0 radical (unpaired) electrons. The van der Waals surface area contributed by atoms with Crippen LogP contribution in [0.1, 0.15) is 13.3 Å². The molecule has 0 rings (SSSR count). The molecule has 0 aliphatic heterocycles. The molecule has 0 aromatic carbocycles. The average molecular weight is 245 g/mol. The largest absolute Gasteiger partial charge is 0.480 e. The molecule has 98 valence electrons. The number of carboxylic acid groups (broad SMARTS) is 1. The highest BCUT2D eigenvalue weighted by molar-refractivity contribution is 5.82. The van der Waals surface area contributed by atoms with Gasteiger partial charge in [-0.15, -0.1) is 0 Å². The Morgan fingerprint density at radius 3 is 2.29 bits per heavy atom. The Bertz CT molecular complexity index is 291. The lowest BCUT2D eigenvalue weighted by molar-refractivity contribution is -0.141. The second kappa shape index (κ2) is 7.61. The van der Waals surface area contributed by atoms with Crippen molar-refractivity contribution in [3.05, 3.63) is 0 Å². The predicted molar refractivity (Wildman–Crippen MR) is 61.4 cm³/mol. The van der Waals surface area contributed by atoms with Crippen molar-refractivity contribution in [3.63, 3.8) is 0 Å². The number of amides is 2. The first-order valence-electron chi connectivity index (χ1n) is 5.25. The van der Waals surface area contributed by atoms with E-state index in [0.29, 0.717) is 13.0 Å². The van der Waals surface area contributed by atoms with E-state index in [0.717, 1.165) is 0 Å². The molecule has 0 fully saturated rings. The number of aliphatic carboxylic acids is 1. The fourth-order valence-corrected chi connectivity index (χ4v) is 1.11. The number of hydrogen-bond donors (Lipinski definition) is 3. The van der Waals surface area contributed by atoms with Crippen LogP contribution in [-0.2, 0) is 14.4 Å². The lowest BCUT2D eigenvalue weighted by Crippen LogP contribution is -2.46. The van der Waals surface area contributed by atoms with Gasteiger partial charge in [-0.05, 0) is 0 Å². The van der Waals surface area contributed by atoms with E-state index in [-0.39, 0.29) is 12.5 Å². The molecule has 0 heterocycles. The first-order chi connectivity index (χ1) is 7.84. The van der Waals surface area contributed by atoms with Crippen molar-refractivity contribution in [3.8, 4) is 0 Å². The molecule has 7 heteroatoms. The van der Waals surface area contributed by atoms with Gasteiger partial charge in [-0.1, -0.05) is 0 Å². The number of carbonyl (C=O) groups excluding carboxylic acids is 2. The summed E-state index contributed by atoms with van der Waals surface area (Å²) in [5, 5.41) is 13.9. The number of nitrogens with one attached hydrogen (secondary N) is 2. The van der Waals surface area contributed by atoms with Crippen molar-refractivity contribution in [1.82, 2.24) is 15.5 Å². The predicted octanol–water partition coefficient (Wildman–Crippen LogP) is -1.36. The molecule has 0 aliphatic rings. The van der Waals surface area contributed by atoms with Gasteiger partial charge >= 0.3 is 5.97 Å². The molecule has 0 aromatic rings. The number of hydrogen-bond acceptors (Lipinski definition) is 4. The Kier molecular flexibility index (Phi) is 6.88. The number of carbonyl (C=O) groups is 3. The highest BCUT2D eigenvalue weighted by Crippen LogP contribution is 1.87. The summed E-state index contributed by atoms with van der Waals surface area (Å²) in [5.74, 6) is -1.54. The Hall–Kier alpha value is -1.63. The van der Waals surface area contributed by atoms with E-state index in [1.807, 2.05) is 0 Å². The fraction of sp³-hybridized carbons (Fsp3) is 0.700. The quantitative estimate of drug-likeness (QED) is 0.481. The minimum Gasteiger partial charge on any atom is -0.480 e. The lowest BCUT2D eigenvalue weighted by Gasteiger charge is -2.14. The highest BCUT2D eigenvalue weighted by Gasteiger charge is 2.17. The van der Waals surface area contributed by atoms with E-state index in [1.165, 1.54) is 11.8 Å². The maximum absolute atomic E-state index is 11.2. The zero-order chi connectivity index (χ0) is 13.4. The number of nitrogens with zero attached hydrogens (tertiary/aromatic N) is 1. The summed E-state index contributed by atoms with van der Waals surface area (Å²) in [6.45, 7) is 1.72. The third-order valence-electron chi connectivity index (χ3n) is 2.04. The van der Waals surface area contributed by atoms with Gasteiger partial charge in [-0.2, -0.15) is 0 Å². The van der Waals surface area contributed by atoms with Gasteiger partial charge < -0.3 is 20.6 Å². The monoisotopic (exact) mass is 245 g/mol. The smallest absolute Gasteiger partial charge is 0.327 e. The van der Waals surface area contributed by atoms with Crippen molar-refractivity contribution in [2.45, 2.75) is 19.4 Å². The van der Waals surface area contributed by atoms with Gasteiger partial charge in [0.2, 0.25) is 11.8 Å². The van der Waals surface area contributed by atoms with Gasteiger partial charge in [0.25, 0.3) is 0 Å². The molecule has 1 atom stereocenters. The molecule has 0 saturated carbocycles. The maximum atomic E-state index is 11.2. The topological polar surface area (TPSA) is 98.7 Å². The van der Waals surface area contributed by atoms with E-state index in [4.69, 9.17) is 5.11 Å². The van der Waals surface area contributed by atoms with E-state index < -0.39 is 17.9 Å². The average Bonchev–Trinajstić information content (AvgIpc) is 2.21. The van der Waals surface area contributed by atoms with Gasteiger partial charge in [0, 0.05) is 40.5 Å². The summed E-state index contributed by atoms with van der Waals surface area (Å²) >= 11 is 0. The van der Waals surface area contributed by atoms with E-state index >= 15 is 0 Å². The molecule has 7 nitrogen and oxygen atoms in total. The standard InChI is InChI=1S/C10H19N3O4/c1-7(14)12-8(10(16)17)6-11-5-4-9(15)13(2)3/h8,11H,4-6H2,1-3H3,(H,12,14)(H,16,17). The highest BCUT2D eigenvalue weighted by atomic mass is 16.4. The molecule has 3 N–H and O–H groups in total. The molecule has 0 spiro atoms. The van der Waals surface area contributed by atoms with Crippen molar-refractivity contribution < 1.29 is 19.5 Å². The molecular formula is C10H19N3O4. The van der Waals surface area contributed by atoms with Crippen LogP contribution in [0.25, 0.3) is 0 Å². The number of rotatable bonds is 7. The van der Waals surface area contributed by atoms with Crippen molar-refractivity contribution >= 4 is 17.8 Å². The van der Waals surface area contributed by atoms with Crippen molar-refractivity contribution in [2.24, 2.45) is 0 Å². The fourth-order valence-electron chi connectivity index (χ4n) is 1.11. The zero-order valence-corrected chi connectivity index (χ0v) is 10.3. The summed E-state index contributed by atoms with van der Waals surface area (Å²) in [7, 11) is 3.30. The van der Waals surface area contributed by atoms with Crippen LogP contribution >= 0.6 is 0 Å². The Morgan fingerprint density at radius 2 is 1.88 bits per heavy atom. The van der Waals surface area contributed by atoms with Gasteiger partial charge in [0.1, 0.15) is 6.04 Å². The first-order valence-corrected chi connectivity index (χ1v) is 5.25. The molecule has 1 unspecified atom stereocenters. The Balaban J connectivity index is 3.87. The van der Waals surface area contributed by atoms with Gasteiger partial charge in [0.15, 0.2) is 0 Å². The van der Waals surface area contributed by atoms with Crippen LogP contribution in [0.5, 0.6) is 0 Å². The van der Waals surface area contributed by atoms with E-state index in [1.54, 1.807) is 14.1 Å². The molecular weight excluding hydrogens is 226 g/mol. The maximum Gasteiger partial charge on any atom is 0.327 e. The summed E-state index contributed by atoms with van der Waals surface area (Å²) in [6, 6.07) is -0.970. The number of carboxylic acids is 1. The van der Waals surface area contributed by atoms with Crippen LogP contribution in [0.4, 0.5) is 0 Å². The van der Waals surface area contributed by atoms with Crippen LogP contribution in [-0.4, -0.2) is 61.0 Å². The summed E-state index contributed by atoms with van der Waals surface area (Å²) in [6.07, 6.45) is 0.291. The van der Waals surface area contributed by atoms with Crippen LogP contribution in [0.15, 0.2) is 0 Å². The molecule has 0 bridgehead atoms. The summed E-state index contributed by atoms with van der Waals surface area (Å²) < 4.78 is 0. The van der Waals surface area contributed by atoms with Crippen molar-refractivity contribution in [1.29, 1.82) is 0 Å². The van der Waals surface area contributed by atoms with Crippen LogP contribution in [0, 0.1) is 0 Å². The molecule has 2 amide bonds. The zero-order valence-electron chi connectivity index (χ0n) is 10.3. The molecule has 0 saturated heterocycles. The van der Waals surface area contributed by atoms with Gasteiger partial charge in [-0.25, -0.2) is 4.79 Å². The lowest BCUT2D eigenvalue weighted by atomic mass is 10.3. The summed E-state index contributed by atoms with van der Waals surface area (Å²) in [5.41, 5.74) is 0. The van der Waals surface area contributed by atoms with Crippen LogP contribution in [0.2, 0.25) is 0 Å². The molecule has 0 aliphatic carbocycles. The van der Waals surface area contributed by atoms with Gasteiger partial charge in [-0.3, -0.25) is 9.59 Å². The molecule has 0 aromatic heterocycles. The SMILES string of the molecule is CC(=O)NC(CNCCC(=O)N(C)C)C(=O)O. The second-order valence-electron chi connectivity index (χ2n) is 3.83. The third kappa shape index (κ3) is 7.29. The van der Waals surface area contributed by atoms with Crippen LogP contribution in [0.3, 0.4) is 0 Å². The third-order valence-corrected chi connectivity index (χ3v) is 2.04. The van der Waals surface area contributed by atoms with Crippen molar-refractivity contribution in [2.75, 3.05) is 27.2 Å². The van der Waals surface area contributed by atoms with Gasteiger partial charge in [0.05, 0.1) is 0 Å². The normalized spacial score (nSPS) is 11.7. The van der Waals surface area contributed by atoms with Crippen LogP contribution < -0.4 is 10.6 Å². The second-order valence-corrected chi connectivity index (χ2v) is 3.83.